The van der Waals surface area contributed by atoms with Gasteiger partial charge in [0.2, 0.25) is 0 Å². The second-order valence-electron chi connectivity index (χ2n) is 4.86. The number of furan rings is 1. The van der Waals surface area contributed by atoms with E-state index in [1.807, 2.05) is 0 Å². The van der Waals surface area contributed by atoms with E-state index in [4.69, 9.17) is 9.15 Å². The lowest BCUT2D eigenvalue weighted by molar-refractivity contribution is 0.0529. The molecule has 1 heterocycles. The molecule has 0 saturated carbocycles. The van der Waals surface area contributed by atoms with Crippen LogP contribution < -0.4 is 4.72 Å². The summed E-state index contributed by atoms with van der Waals surface area (Å²) in [6, 6.07) is 11.0. The van der Waals surface area contributed by atoms with Crippen molar-refractivity contribution in [3.63, 3.8) is 0 Å². The van der Waals surface area contributed by atoms with Crippen molar-refractivity contribution in [3.8, 4) is 11.3 Å². The molecular weight excluding hydrogens is 317 g/mol. The highest BCUT2D eigenvalue weighted by Crippen LogP contribution is 2.35. The molecule has 118 valence electrons. The van der Waals surface area contributed by atoms with Gasteiger partial charge in [-0.15, -0.1) is 0 Å². The molecule has 0 atom stereocenters. The van der Waals surface area contributed by atoms with E-state index in [-0.39, 0.29) is 12.4 Å². The minimum absolute atomic E-state index is 0.255. The van der Waals surface area contributed by atoms with Gasteiger partial charge in [-0.25, -0.2) is 9.18 Å². The fourth-order valence-electron chi connectivity index (χ4n) is 2.38. The van der Waals surface area contributed by atoms with E-state index >= 15 is 0 Å². The van der Waals surface area contributed by atoms with Crippen molar-refractivity contribution in [2.75, 3.05) is 11.3 Å². The van der Waals surface area contributed by atoms with E-state index in [2.05, 4.69) is 17.5 Å². The molecular formula is C17H14FNO3S. The fourth-order valence-corrected chi connectivity index (χ4v) is 2.52. The highest BCUT2D eigenvalue weighted by molar-refractivity contribution is 7.81. The van der Waals surface area contributed by atoms with E-state index in [1.165, 1.54) is 12.1 Å². The Bertz CT molecular complexity index is 858. The van der Waals surface area contributed by atoms with Crippen molar-refractivity contribution >= 4 is 35.4 Å². The molecule has 0 aliphatic rings. The van der Waals surface area contributed by atoms with Crippen LogP contribution in [0.5, 0.6) is 0 Å². The van der Waals surface area contributed by atoms with E-state index in [9.17, 15) is 9.18 Å². The van der Waals surface area contributed by atoms with Crippen LogP contribution in [0.15, 0.2) is 46.9 Å². The summed E-state index contributed by atoms with van der Waals surface area (Å²) >= 11 is 4.00. The topological polar surface area (TPSA) is 51.5 Å². The van der Waals surface area contributed by atoms with Gasteiger partial charge in [-0.05, 0) is 43.3 Å². The van der Waals surface area contributed by atoms with Crippen molar-refractivity contribution in [2.24, 2.45) is 0 Å². The van der Waals surface area contributed by atoms with E-state index in [0.717, 1.165) is 5.69 Å². The molecule has 0 bridgehead atoms. The van der Waals surface area contributed by atoms with Gasteiger partial charge in [-0.3, -0.25) is 0 Å². The third-order valence-electron chi connectivity index (χ3n) is 3.41. The molecule has 0 saturated heterocycles. The van der Waals surface area contributed by atoms with Gasteiger partial charge in [-0.1, -0.05) is 12.8 Å². The lowest BCUT2D eigenvalue weighted by Crippen LogP contribution is -2.05. The second kappa shape index (κ2) is 6.34. The fraction of sp³-hybridized carbons (Fsp3) is 0.118. The minimum atomic E-state index is -0.475. The molecule has 0 aliphatic heterocycles. The summed E-state index contributed by atoms with van der Waals surface area (Å²) in [5.74, 6) is -0.476. The van der Waals surface area contributed by atoms with E-state index in [0.29, 0.717) is 27.9 Å². The first-order chi connectivity index (χ1) is 11.1. The number of halogens is 1. The number of carbonyl (C=O) groups excluding carboxylic acids is 1. The smallest absolute Gasteiger partial charge is 0.342 e. The molecule has 0 fully saturated rings. The number of thiol groups is 1. The highest BCUT2D eigenvalue weighted by atomic mass is 32.1. The minimum Gasteiger partial charge on any atom is -0.462 e. The van der Waals surface area contributed by atoms with Crippen molar-refractivity contribution < 1.29 is 18.3 Å². The molecule has 3 rings (SSSR count). The Morgan fingerprint density at radius 1 is 1.26 bits per heavy atom. The molecule has 6 heteroatoms. The van der Waals surface area contributed by atoms with Crippen LogP contribution in [0.25, 0.3) is 22.3 Å². The SMILES string of the molecule is CCOC(=O)c1c(-c2ccc(F)cc2)oc2cc(NS)ccc12. The maximum Gasteiger partial charge on any atom is 0.342 e. The first-order valence-corrected chi connectivity index (χ1v) is 7.48. The number of fused-ring (bicyclic) bond motifs is 1. The van der Waals surface area contributed by atoms with Crippen LogP contribution in [-0.2, 0) is 4.74 Å². The van der Waals surface area contributed by atoms with Crippen LogP contribution in [0, 0.1) is 5.82 Å². The number of esters is 1. The van der Waals surface area contributed by atoms with Crippen molar-refractivity contribution in [3.05, 3.63) is 53.8 Å². The van der Waals surface area contributed by atoms with Gasteiger partial charge in [0.15, 0.2) is 0 Å². The van der Waals surface area contributed by atoms with Crippen LogP contribution in [0.1, 0.15) is 17.3 Å². The standard InChI is InChI=1S/C17H14FNO3S/c1-2-21-17(20)15-13-8-7-12(19-23)9-14(13)22-16(15)10-3-5-11(18)6-4-10/h3-9,19,23H,2H2,1H3. The maximum atomic E-state index is 13.1. The highest BCUT2D eigenvalue weighted by Gasteiger charge is 2.23. The molecule has 23 heavy (non-hydrogen) atoms. The molecule has 0 radical (unpaired) electrons. The summed E-state index contributed by atoms with van der Waals surface area (Å²) in [5.41, 5.74) is 2.19. The molecule has 4 nitrogen and oxygen atoms in total. The van der Waals surface area contributed by atoms with Gasteiger partial charge in [0, 0.05) is 22.7 Å². The number of ether oxygens (including phenoxy) is 1. The third kappa shape index (κ3) is 2.90. The zero-order valence-corrected chi connectivity index (χ0v) is 13.2. The number of nitrogens with one attached hydrogen (secondary N) is 1. The number of carbonyl (C=O) groups is 1. The Hall–Kier alpha value is -2.47. The van der Waals surface area contributed by atoms with Gasteiger partial charge in [0.05, 0.1) is 6.61 Å². The van der Waals surface area contributed by atoms with Gasteiger partial charge < -0.3 is 13.9 Å². The molecule has 0 aliphatic carbocycles. The molecule has 2 aromatic carbocycles. The normalized spacial score (nSPS) is 10.7. The second-order valence-corrected chi connectivity index (χ2v) is 5.08. The van der Waals surface area contributed by atoms with Crippen molar-refractivity contribution in [2.45, 2.75) is 6.92 Å². The van der Waals surface area contributed by atoms with E-state index in [1.54, 1.807) is 37.3 Å². The zero-order valence-electron chi connectivity index (χ0n) is 12.3. The quantitative estimate of drug-likeness (QED) is 0.539. The maximum absolute atomic E-state index is 13.1. The summed E-state index contributed by atoms with van der Waals surface area (Å²) in [6.45, 7) is 1.99. The summed E-state index contributed by atoms with van der Waals surface area (Å²) in [6.07, 6.45) is 0. The van der Waals surface area contributed by atoms with Crippen LogP contribution in [0.2, 0.25) is 0 Å². The Balaban J connectivity index is 2.23. The summed E-state index contributed by atoms with van der Waals surface area (Å²) < 4.78 is 26.8. The van der Waals surface area contributed by atoms with Gasteiger partial charge >= 0.3 is 5.97 Å². The molecule has 3 aromatic rings. The lowest BCUT2D eigenvalue weighted by Gasteiger charge is -2.03. The van der Waals surface area contributed by atoms with E-state index < -0.39 is 5.97 Å². The largest absolute Gasteiger partial charge is 0.462 e. The van der Waals surface area contributed by atoms with Crippen LogP contribution in [0.3, 0.4) is 0 Å². The van der Waals surface area contributed by atoms with Crippen LogP contribution in [-0.4, -0.2) is 12.6 Å². The molecule has 1 aromatic heterocycles. The summed E-state index contributed by atoms with van der Waals surface area (Å²) in [5, 5.41) is 0.634. The number of hydrogen-bond acceptors (Lipinski definition) is 5. The first-order valence-electron chi connectivity index (χ1n) is 7.03. The average Bonchev–Trinajstić information content (AvgIpc) is 2.94. The number of benzene rings is 2. The predicted molar refractivity (Wildman–Crippen MR) is 90.2 cm³/mol. The Labute approximate surface area is 137 Å². The Morgan fingerprint density at radius 3 is 2.65 bits per heavy atom. The van der Waals surface area contributed by atoms with Crippen molar-refractivity contribution in [1.82, 2.24) is 0 Å². The van der Waals surface area contributed by atoms with Crippen LogP contribution in [0.4, 0.5) is 10.1 Å². The average molecular weight is 331 g/mol. The predicted octanol–water partition coefficient (Wildman–Crippen LogP) is 4.67. The number of hydrogen-bond donors (Lipinski definition) is 2. The summed E-state index contributed by atoms with van der Waals surface area (Å²) in [7, 11) is 0. The van der Waals surface area contributed by atoms with Crippen LogP contribution >= 0.6 is 12.8 Å². The molecule has 0 spiro atoms. The van der Waals surface area contributed by atoms with Gasteiger partial charge in [0.1, 0.15) is 22.7 Å². The molecule has 0 amide bonds. The monoisotopic (exact) mass is 331 g/mol. The molecule has 1 N–H and O–H groups in total. The number of anilines is 1. The first kappa shape index (κ1) is 15.4. The van der Waals surface area contributed by atoms with Gasteiger partial charge in [-0.2, -0.15) is 0 Å². The Kier molecular flexibility index (Phi) is 4.25. The number of rotatable bonds is 4. The lowest BCUT2D eigenvalue weighted by atomic mass is 10.1. The molecule has 0 unspecified atom stereocenters. The Morgan fingerprint density at radius 2 is 2.00 bits per heavy atom. The zero-order chi connectivity index (χ0) is 16.4. The summed E-state index contributed by atoms with van der Waals surface area (Å²) in [4.78, 5) is 12.3. The third-order valence-corrected chi connectivity index (χ3v) is 3.66. The van der Waals surface area contributed by atoms with Gasteiger partial charge in [0.25, 0.3) is 0 Å². The van der Waals surface area contributed by atoms with Crippen molar-refractivity contribution in [1.29, 1.82) is 0 Å².